The monoisotopic (exact) mass is 192 g/mol. The zero-order valence-corrected chi connectivity index (χ0v) is 8.60. The van der Waals surface area contributed by atoms with Crippen LogP contribution in [0.2, 0.25) is 0 Å². The molecule has 1 nitrogen and oxygen atoms in total. The van der Waals surface area contributed by atoms with Crippen LogP contribution in [-0.4, -0.2) is 5.60 Å². The molecular formula is C12H13FO. The Morgan fingerprint density at radius 2 is 1.71 bits per heavy atom. The Morgan fingerprint density at radius 1 is 1.14 bits per heavy atom. The molecule has 14 heavy (non-hydrogen) atoms. The van der Waals surface area contributed by atoms with Gasteiger partial charge in [-0.3, -0.25) is 0 Å². The van der Waals surface area contributed by atoms with Crippen molar-refractivity contribution in [1.82, 2.24) is 0 Å². The van der Waals surface area contributed by atoms with Crippen molar-refractivity contribution in [2.45, 2.75) is 26.4 Å². The smallest absolute Gasteiger partial charge is 0.123 e. The first-order valence-electron chi connectivity index (χ1n) is 4.42. The van der Waals surface area contributed by atoms with Gasteiger partial charge in [-0.1, -0.05) is 0 Å². The van der Waals surface area contributed by atoms with Gasteiger partial charge >= 0.3 is 0 Å². The van der Waals surface area contributed by atoms with Gasteiger partial charge in [-0.25, -0.2) is 4.39 Å². The molecule has 0 aromatic heterocycles. The molecule has 1 rings (SSSR count). The second-order valence-corrected chi connectivity index (χ2v) is 3.95. The molecule has 0 N–H and O–H groups in total. The lowest BCUT2D eigenvalue weighted by atomic mass is 10.2. The molecule has 0 radical (unpaired) electrons. The Balaban J connectivity index is 2.64. The standard InChI is InChI=1S/C12H13FO/c1-12(2,3)14-9-8-10-4-6-11(13)7-5-10/h4-7H,1-3H3. The molecule has 2 heteroatoms. The lowest BCUT2D eigenvalue weighted by Crippen LogP contribution is -2.15. The van der Waals surface area contributed by atoms with Gasteiger partial charge in [0.25, 0.3) is 0 Å². The minimum atomic E-state index is -0.271. The summed E-state index contributed by atoms with van der Waals surface area (Å²) in [6.07, 6.45) is 2.59. The van der Waals surface area contributed by atoms with Gasteiger partial charge in [0.2, 0.25) is 0 Å². The number of ether oxygens (including phenoxy) is 1. The molecule has 0 saturated heterocycles. The highest BCUT2D eigenvalue weighted by Gasteiger charge is 2.07. The van der Waals surface area contributed by atoms with Crippen molar-refractivity contribution < 1.29 is 9.13 Å². The van der Waals surface area contributed by atoms with Gasteiger partial charge in [0, 0.05) is 5.56 Å². The van der Waals surface area contributed by atoms with Gasteiger partial charge in [-0.15, -0.1) is 0 Å². The van der Waals surface area contributed by atoms with E-state index in [0.717, 1.165) is 5.56 Å². The number of rotatable bonds is 0. The van der Waals surface area contributed by atoms with Crippen LogP contribution < -0.4 is 0 Å². The lowest BCUT2D eigenvalue weighted by molar-refractivity contribution is 0.0963. The quantitative estimate of drug-likeness (QED) is 0.574. The third-order valence-electron chi connectivity index (χ3n) is 1.40. The van der Waals surface area contributed by atoms with Gasteiger partial charge < -0.3 is 4.74 Å². The van der Waals surface area contributed by atoms with E-state index in [4.69, 9.17) is 4.74 Å². The maximum Gasteiger partial charge on any atom is 0.123 e. The maximum absolute atomic E-state index is 12.5. The molecule has 74 valence electrons. The summed E-state index contributed by atoms with van der Waals surface area (Å²) in [6, 6.07) is 5.99. The molecule has 0 fully saturated rings. The fourth-order valence-corrected chi connectivity index (χ4v) is 0.771. The molecule has 0 aliphatic heterocycles. The summed E-state index contributed by atoms with van der Waals surface area (Å²) in [7, 11) is 0. The highest BCUT2D eigenvalue weighted by Crippen LogP contribution is 2.05. The summed E-state index contributed by atoms with van der Waals surface area (Å²) >= 11 is 0. The molecule has 0 atom stereocenters. The second kappa shape index (κ2) is 4.15. The van der Waals surface area contributed by atoms with Crippen molar-refractivity contribution in [3.05, 3.63) is 35.6 Å². The van der Waals surface area contributed by atoms with Crippen molar-refractivity contribution in [1.29, 1.82) is 0 Å². The van der Waals surface area contributed by atoms with Gasteiger partial charge in [-0.05, 0) is 51.0 Å². The molecule has 0 saturated carbocycles. The average Bonchev–Trinajstić information content (AvgIpc) is 2.06. The largest absolute Gasteiger partial charge is 0.441 e. The number of hydrogen-bond donors (Lipinski definition) is 0. The maximum atomic E-state index is 12.5. The fourth-order valence-electron chi connectivity index (χ4n) is 0.771. The number of benzene rings is 1. The topological polar surface area (TPSA) is 9.23 Å². The first-order chi connectivity index (χ1) is 6.47. The van der Waals surface area contributed by atoms with Crippen molar-refractivity contribution in [2.75, 3.05) is 0 Å². The SMILES string of the molecule is CC(C)(C)OC#Cc1ccc(F)cc1. The van der Waals surface area contributed by atoms with E-state index in [1.54, 1.807) is 12.1 Å². The summed E-state index contributed by atoms with van der Waals surface area (Å²) in [4.78, 5) is 0. The van der Waals surface area contributed by atoms with E-state index in [-0.39, 0.29) is 11.4 Å². The minimum absolute atomic E-state index is 0.257. The van der Waals surface area contributed by atoms with E-state index in [9.17, 15) is 4.39 Å². The molecule has 0 aliphatic carbocycles. The first-order valence-corrected chi connectivity index (χ1v) is 4.42. The van der Waals surface area contributed by atoms with Crippen LogP contribution in [0.3, 0.4) is 0 Å². The van der Waals surface area contributed by atoms with Crippen LogP contribution in [0.15, 0.2) is 24.3 Å². The summed E-state index contributed by atoms with van der Waals surface area (Å²) in [6.45, 7) is 5.77. The van der Waals surface area contributed by atoms with Crippen LogP contribution in [0.4, 0.5) is 4.39 Å². The summed E-state index contributed by atoms with van der Waals surface area (Å²) < 4.78 is 17.7. The molecule has 0 amide bonds. The second-order valence-electron chi connectivity index (χ2n) is 3.95. The van der Waals surface area contributed by atoms with Gasteiger partial charge in [-0.2, -0.15) is 0 Å². The number of hydrogen-bond acceptors (Lipinski definition) is 1. The summed E-state index contributed by atoms with van der Waals surface area (Å²) in [5.74, 6) is 2.53. The van der Waals surface area contributed by atoms with E-state index in [1.165, 1.54) is 12.1 Å². The fraction of sp³-hybridized carbons (Fsp3) is 0.333. The van der Waals surface area contributed by atoms with Gasteiger partial charge in [0.05, 0.1) is 0 Å². The van der Waals surface area contributed by atoms with Crippen LogP contribution in [0.5, 0.6) is 0 Å². The summed E-state index contributed by atoms with van der Waals surface area (Å²) in [5, 5.41) is 0. The Bertz CT molecular complexity index is 349. The molecular weight excluding hydrogens is 179 g/mol. The average molecular weight is 192 g/mol. The molecule has 0 heterocycles. The van der Waals surface area contributed by atoms with Crippen LogP contribution in [0.25, 0.3) is 0 Å². The predicted molar refractivity (Wildman–Crippen MR) is 54.1 cm³/mol. The number of halogens is 1. The van der Waals surface area contributed by atoms with Crippen LogP contribution in [0.1, 0.15) is 26.3 Å². The zero-order chi connectivity index (χ0) is 10.6. The molecule has 0 spiro atoms. The predicted octanol–water partition coefficient (Wildman–Crippen LogP) is 2.95. The van der Waals surface area contributed by atoms with Crippen LogP contribution >= 0.6 is 0 Å². The normalized spacial score (nSPS) is 10.3. The summed E-state index contributed by atoms with van der Waals surface area (Å²) in [5.41, 5.74) is 0.475. The lowest BCUT2D eigenvalue weighted by Gasteiger charge is -2.14. The third kappa shape index (κ3) is 3.95. The van der Waals surface area contributed by atoms with Crippen molar-refractivity contribution in [3.8, 4) is 12.0 Å². The van der Waals surface area contributed by atoms with E-state index >= 15 is 0 Å². The van der Waals surface area contributed by atoms with Crippen LogP contribution in [-0.2, 0) is 4.74 Å². The molecule has 1 aromatic rings. The Morgan fingerprint density at radius 3 is 2.21 bits per heavy atom. The Kier molecular flexibility index (Phi) is 3.14. The minimum Gasteiger partial charge on any atom is -0.441 e. The molecule has 0 bridgehead atoms. The van der Waals surface area contributed by atoms with E-state index < -0.39 is 0 Å². The van der Waals surface area contributed by atoms with E-state index in [0.29, 0.717) is 0 Å². The Hall–Kier alpha value is -1.49. The molecule has 1 aromatic carbocycles. The van der Waals surface area contributed by atoms with Crippen molar-refractivity contribution in [3.63, 3.8) is 0 Å². The van der Waals surface area contributed by atoms with Gasteiger partial charge in [0.15, 0.2) is 0 Å². The van der Waals surface area contributed by atoms with Crippen molar-refractivity contribution in [2.24, 2.45) is 0 Å². The molecule has 0 unspecified atom stereocenters. The first kappa shape index (κ1) is 10.6. The highest BCUT2D eigenvalue weighted by atomic mass is 19.1. The Labute approximate surface area is 83.9 Å². The van der Waals surface area contributed by atoms with E-state index in [2.05, 4.69) is 12.0 Å². The van der Waals surface area contributed by atoms with Gasteiger partial charge in [0.1, 0.15) is 17.5 Å². The molecule has 0 aliphatic rings. The van der Waals surface area contributed by atoms with Crippen molar-refractivity contribution >= 4 is 0 Å². The van der Waals surface area contributed by atoms with Crippen LogP contribution in [0, 0.1) is 17.8 Å². The van der Waals surface area contributed by atoms with E-state index in [1.807, 2.05) is 20.8 Å². The highest BCUT2D eigenvalue weighted by molar-refractivity contribution is 5.32. The zero-order valence-electron chi connectivity index (χ0n) is 8.60. The third-order valence-corrected chi connectivity index (χ3v) is 1.40.